The van der Waals surface area contributed by atoms with E-state index in [1.54, 1.807) is 0 Å². The maximum atomic E-state index is 13.5. The third-order valence-electron chi connectivity index (χ3n) is 7.90. The normalized spacial score (nSPS) is 21.3. The summed E-state index contributed by atoms with van der Waals surface area (Å²) < 4.78 is 43.8. The number of esters is 5. The largest absolute Gasteiger partial charge is 0.460 e. The fourth-order valence-corrected chi connectivity index (χ4v) is 5.59. The molecule has 0 spiro atoms. The van der Waals surface area contributed by atoms with Gasteiger partial charge in [-0.3, -0.25) is 28.8 Å². The Labute approximate surface area is 316 Å². The van der Waals surface area contributed by atoms with E-state index in [-0.39, 0.29) is 45.3 Å². The fourth-order valence-electron chi connectivity index (χ4n) is 5.59. The molecule has 18 heteroatoms. The van der Waals surface area contributed by atoms with Gasteiger partial charge < -0.3 is 52.9 Å². The molecule has 0 bridgehead atoms. The highest BCUT2D eigenvalue weighted by molar-refractivity contribution is 6.01. The number of carbonyl (C=O) groups excluding carboxylic acids is 6. The van der Waals surface area contributed by atoms with Gasteiger partial charge in [0.25, 0.3) is 0 Å². The summed E-state index contributed by atoms with van der Waals surface area (Å²) in [5, 5.41) is 31.3. The van der Waals surface area contributed by atoms with Crippen molar-refractivity contribution in [2.75, 3.05) is 6.61 Å². The number of allylic oxidation sites excluding steroid dienone is 2. The molecule has 5 rings (SSSR count). The second-order valence-electron chi connectivity index (χ2n) is 12.3. The number of hydrogen-bond acceptors (Lipinski definition) is 18. The van der Waals surface area contributed by atoms with Crippen molar-refractivity contribution in [1.29, 1.82) is 0 Å². The number of aliphatic hydroxyl groups excluding tert-OH is 3. The third-order valence-corrected chi connectivity index (χ3v) is 7.90. The van der Waals surface area contributed by atoms with Crippen LogP contribution in [0.2, 0.25) is 0 Å². The first-order chi connectivity index (χ1) is 26.5. The summed E-state index contributed by atoms with van der Waals surface area (Å²) in [6, 6.07) is 7.32. The summed E-state index contributed by atoms with van der Waals surface area (Å²) in [7, 11) is 0. The van der Waals surface area contributed by atoms with Crippen LogP contribution in [0.3, 0.4) is 0 Å². The molecule has 1 unspecified atom stereocenters. The Morgan fingerprint density at radius 1 is 0.804 bits per heavy atom. The zero-order valence-electron chi connectivity index (χ0n) is 30.0. The summed E-state index contributed by atoms with van der Waals surface area (Å²) >= 11 is 0. The number of hydrogen-bond donors (Lipinski definition) is 3. The van der Waals surface area contributed by atoms with Crippen molar-refractivity contribution in [3.05, 3.63) is 83.1 Å². The molecule has 0 amide bonds. The van der Waals surface area contributed by atoms with Gasteiger partial charge in [0.15, 0.2) is 34.4 Å². The van der Waals surface area contributed by atoms with E-state index in [2.05, 4.69) is 0 Å². The van der Waals surface area contributed by atoms with Crippen molar-refractivity contribution in [3.8, 4) is 34.3 Å². The Bertz CT molecular complexity index is 2210. The number of ketones is 1. The van der Waals surface area contributed by atoms with Gasteiger partial charge in [0.05, 0.1) is 6.61 Å². The lowest BCUT2D eigenvalue weighted by Crippen LogP contribution is -2.61. The number of aliphatic hydroxyl groups is 3. The molecule has 0 saturated carbocycles. The van der Waals surface area contributed by atoms with E-state index in [1.165, 1.54) is 36.4 Å². The van der Waals surface area contributed by atoms with Crippen molar-refractivity contribution in [1.82, 2.24) is 0 Å². The van der Waals surface area contributed by atoms with Gasteiger partial charge in [0.2, 0.25) is 6.29 Å². The number of benzene rings is 2. The average molecular weight is 779 g/mol. The lowest BCUT2D eigenvalue weighted by atomic mass is 9.96. The van der Waals surface area contributed by atoms with E-state index in [9.17, 15) is 48.9 Å². The van der Waals surface area contributed by atoms with Gasteiger partial charge in [-0.25, -0.2) is 4.79 Å². The predicted octanol–water partition coefficient (Wildman–Crippen LogP) is 1.52. The van der Waals surface area contributed by atoms with Gasteiger partial charge in [-0.05, 0) is 48.6 Å². The molecule has 56 heavy (non-hydrogen) atoms. The van der Waals surface area contributed by atoms with Crippen LogP contribution in [0.15, 0.2) is 82.1 Å². The Kier molecular flexibility index (Phi) is 12.3. The first-order valence-electron chi connectivity index (χ1n) is 16.6. The molecule has 3 aromatic rings. The van der Waals surface area contributed by atoms with Crippen LogP contribution < -0.4 is 24.4 Å². The third kappa shape index (κ3) is 9.60. The molecular formula is C38H34O18. The average Bonchev–Trinajstić information content (AvgIpc) is 3.11. The maximum Gasteiger partial charge on any atom is 0.331 e. The zero-order chi connectivity index (χ0) is 40.9. The van der Waals surface area contributed by atoms with Crippen LogP contribution in [0.1, 0.15) is 27.7 Å². The van der Waals surface area contributed by atoms with Crippen molar-refractivity contribution >= 4 is 46.6 Å². The van der Waals surface area contributed by atoms with Gasteiger partial charge in [-0.1, -0.05) is 0 Å². The molecule has 2 aliphatic rings. The molecule has 1 fully saturated rings. The first-order valence-corrected chi connectivity index (χ1v) is 16.6. The van der Waals surface area contributed by atoms with Crippen LogP contribution >= 0.6 is 0 Å². The highest BCUT2D eigenvalue weighted by atomic mass is 16.7. The maximum absolute atomic E-state index is 13.5. The van der Waals surface area contributed by atoms with Crippen molar-refractivity contribution in [3.63, 3.8) is 0 Å². The summed E-state index contributed by atoms with van der Waals surface area (Å²) in [4.78, 5) is 85.4. The second kappa shape index (κ2) is 16.9. The first kappa shape index (κ1) is 40.7. The minimum atomic E-state index is -1.92. The highest BCUT2D eigenvalue weighted by Gasteiger charge is 2.48. The van der Waals surface area contributed by atoms with Crippen molar-refractivity contribution in [2.24, 2.45) is 0 Å². The van der Waals surface area contributed by atoms with Crippen LogP contribution in [-0.2, 0) is 43.0 Å². The van der Waals surface area contributed by atoms with E-state index in [0.29, 0.717) is 0 Å². The van der Waals surface area contributed by atoms with E-state index >= 15 is 0 Å². The molecule has 2 aromatic carbocycles. The van der Waals surface area contributed by atoms with Crippen LogP contribution in [-0.4, -0.2) is 93.9 Å². The predicted molar refractivity (Wildman–Crippen MR) is 187 cm³/mol. The SMILES string of the molecule is CC(=O)Oc1ccc(-c2cc(=O)c3c(OC(C)=O)cc(OC4O[C@H](CO)[C@@H](O)[C@H](O)[C@H]4OC(=O)/C=C/C4(OC(C)=O)C=CC(=O)C=C4)cc3o2)cc1OC(C)=O. The molecule has 1 saturated heterocycles. The molecule has 1 aliphatic carbocycles. The Morgan fingerprint density at radius 2 is 1.45 bits per heavy atom. The van der Waals surface area contributed by atoms with Crippen molar-refractivity contribution in [2.45, 2.75) is 64.0 Å². The van der Waals surface area contributed by atoms with Crippen LogP contribution in [0.4, 0.5) is 0 Å². The number of carbonyl (C=O) groups is 6. The lowest BCUT2D eigenvalue weighted by Gasteiger charge is -2.41. The molecule has 1 aliphatic heterocycles. The minimum Gasteiger partial charge on any atom is -0.460 e. The Morgan fingerprint density at radius 3 is 2.07 bits per heavy atom. The molecular weight excluding hydrogens is 744 g/mol. The molecule has 3 N–H and O–H groups in total. The van der Waals surface area contributed by atoms with Gasteiger partial charge in [-0.2, -0.15) is 0 Å². The van der Waals surface area contributed by atoms with Gasteiger partial charge in [0.1, 0.15) is 46.5 Å². The van der Waals surface area contributed by atoms with E-state index in [0.717, 1.165) is 64.1 Å². The van der Waals surface area contributed by atoms with Crippen LogP contribution in [0.5, 0.6) is 23.0 Å². The van der Waals surface area contributed by atoms with Crippen molar-refractivity contribution < 1.29 is 81.7 Å². The topological polar surface area (TPSA) is 258 Å². The van der Waals surface area contributed by atoms with E-state index < -0.39 is 84.0 Å². The highest BCUT2D eigenvalue weighted by Crippen LogP contribution is 2.37. The standard InChI is InChI=1S/C38H34O18/c1-18(40)49-26-6-5-22(13-28(26)50-19(2)41)27-16-25(45)33-29(51-20(3)42)14-24(15-30(33)53-27)52-37-36(35(48)34(47)31(17-39)54-37)55-32(46)9-12-38(56-21(4)43)10-7-23(44)8-11-38/h5-16,31,34-37,39,47-48H,17H2,1-4H3/b12-9+/t31-,34-,35+,36-,37?/m1/s1. The molecule has 294 valence electrons. The zero-order valence-corrected chi connectivity index (χ0v) is 30.0. The number of rotatable bonds is 11. The van der Waals surface area contributed by atoms with Crippen LogP contribution in [0.25, 0.3) is 22.3 Å². The smallest absolute Gasteiger partial charge is 0.331 e. The fraction of sp³-hybridized carbons (Fsp3) is 0.289. The Balaban J connectivity index is 1.52. The van der Waals surface area contributed by atoms with Gasteiger partial charge >= 0.3 is 29.8 Å². The molecule has 18 nitrogen and oxygen atoms in total. The summed E-state index contributed by atoms with van der Waals surface area (Å²) in [5.41, 5.74) is -2.39. The second-order valence-corrected chi connectivity index (χ2v) is 12.3. The minimum absolute atomic E-state index is 0.0952. The van der Waals surface area contributed by atoms with Gasteiger partial charge in [0, 0.05) is 57.5 Å². The molecule has 2 heterocycles. The monoisotopic (exact) mass is 778 g/mol. The van der Waals surface area contributed by atoms with Crippen LogP contribution in [0, 0.1) is 0 Å². The number of ether oxygens (including phenoxy) is 7. The van der Waals surface area contributed by atoms with E-state index in [1.807, 2.05) is 0 Å². The molecule has 1 aromatic heterocycles. The summed E-state index contributed by atoms with van der Waals surface area (Å²) in [6.45, 7) is 3.62. The molecule has 0 radical (unpaired) electrons. The lowest BCUT2D eigenvalue weighted by molar-refractivity contribution is -0.281. The van der Waals surface area contributed by atoms with E-state index in [4.69, 9.17) is 37.6 Å². The number of fused-ring (bicyclic) bond motifs is 1. The summed E-state index contributed by atoms with van der Waals surface area (Å²) in [6.07, 6.45) is -2.14. The Hall–Kier alpha value is -6.47. The quantitative estimate of drug-likeness (QED) is 0.142. The molecule has 5 atom stereocenters. The van der Waals surface area contributed by atoms with Gasteiger partial charge in [-0.15, -0.1) is 0 Å². The summed E-state index contributed by atoms with van der Waals surface area (Å²) in [5.74, 6) is -5.54.